The number of benzene rings is 5. The third-order valence-corrected chi connectivity index (χ3v) is 9.63. The van der Waals surface area contributed by atoms with Crippen LogP contribution in [0.2, 0.25) is 0 Å². The lowest BCUT2D eigenvalue weighted by Crippen LogP contribution is -2.10. The third kappa shape index (κ3) is 4.20. The predicted octanol–water partition coefficient (Wildman–Crippen LogP) is 11.1. The Hall–Kier alpha value is -5.78. The smallest absolute Gasteiger partial charge is 0.0887 e. The molecule has 0 bridgehead atoms. The molecule has 45 heavy (non-hydrogen) atoms. The summed E-state index contributed by atoms with van der Waals surface area (Å²) in [5, 5.41) is 4.97. The quantitative estimate of drug-likeness (QED) is 0.199. The molecular weight excluding hydrogens is 569 g/mol. The monoisotopic (exact) mass is 594 g/mol. The lowest BCUT2D eigenvalue weighted by Gasteiger charge is -2.26. The zero-order chi connectivity index (χ0) is 29.7. The number of para-hydroxylation sites is 2. The molecule has 9 rings (SSSR count). The number of thiophene rings is 1. The first-order valence-electron chi connectivity index (χ1n) is 15.0. The van der Waals surface area contributed by atoms with E-state index in [9.17, 15) is 0 Å². The molecule has 0 saturated carbocycles. The second-order valence-corrected chi connectivity index (χ2v) is 12.2. The Kier molecular flexibility index (Phi) is 5.96. The Morgan fingerprint density at radius 3 is 2.11 bits per heavy atom. The number of anilines is 3. The van der Waals surface area contributed by atoms with Gasteiger partial charge in [-0.2, -0.15) is 0 Å². The fraction of sp³-hybridized carbons (Fsp3) is 0. The van der Waals surface area contributed by atoms with E-state index < -0.39 is 0 Å². The minimum Gasteiger partial charge on any atom is -0.310 e. The molecule has 212 valence electrons. The fourth-order valence-corrected chi connectivity index (χ4v) is 7.59. The van der Waals surface area contributed by atoms with E-state index >= 15 is 0 Å². The van der Waals surface area contributed by atoms with E-state index in [0.29, 0.717) is 0 Å². The van der Waals surface area contributed by atoms with Gasteiger partial charge in [0.15, 0.2) is 0 Å². The average Bonchev–Trinajstić information content (AvgIpc) is 3.65. The summed E-state index contributed by atoms with van der Waals surface area (Å²) in [5.41, 5.74) is 8.37. The van der Waals surface area contributed by atoms with Crippen molar-refractivity contribution >= 4 is 70.4 Å². The highest BCUT2D eigenvalue weighted by molar-refractivity contribution is 7.25. The molecule has 0 unspecified atom stereocenters. The lowest BCUT2D eigenvalue weighted by molar-refractivity contribution is 1.13. The van der Waals surface area contributed by atoms with Gasteiger partial charge in [0.2, 0.25) is 0 Å². The molecule has 5 heteroatoms. The Morgan fingerprint density at radius 1 is 0.511 bits per heavy atom. The Morgan fingerprint density at radius 2 is 1.27 bits per heavy atom. The van der Waals surface area contributed by atoms with Crippen LogP contribution in [0, 0.1) is 0 Å². The molecule has 0 fully saturated rings. The summed E-state index contributed by atoms with van der Waals surface area (Å²) in [4.78, 5) is 11.7. The summed E-state index contributed by atoms with van der Waals surface area (Å²) in [6, 6.07) is 51.6. The van der Waals surface area contributed by atoms with Crippen LogP contribution in [0.3, 0.4) is 0 Å². The molecular formula is C40H26N4S. The highest BCUT2D eigenvalue weighted by Gasteiger charge is 2.21. The molecule has 4 heterocycles. The molecule has 4 aromatic heterocycles. The van der Waals surface area contributed by atoms with Crippen molar-refractivity contribution < 1.29 is 0 Å². The molecule has 0 radical (unpaired) electrons. The Balaban J connectivity index is 1.29. The maximum Gasteiger partial charge on any atom is 0.0887 e. The van der Waals surface area contributed by atoms with Crippen molar-refractivity contribution in [3.05, 3.63) is 158 Å². The molecule has 0 N–H and O–H groups in total. The van der Waals surface area contributed by atoms with Crippen molar-refractivity contribution in [2.45, 2.75) is 0 Å². The molecule has 9 aromatic rings. The van der Waals surface area contributed by atoms with Gasteiger partial charge in [0.25, 0.3) is 0 Å². The van der Waals surface area contributed by atoms with Gasteiger partial charge in [0.1, 0.15) is 0 Å². The summed E-state index contributed by atoms with van der Waals surface area (Å²) in [5.74, 6) is 0. The van der Waals surface area contributed by atoms with E-state index in [-0.39, 0.29) is 0 Å². The maximum absolute atomic E-state index is 4.83. The summed E-state index contributed by atoms with van der Waals surface area (Å²) in [6.07, 6.45) is 3.75. The summed E-state index contributed by atoms with van der Waals surface area (Å²) >= 11 is 1.85. The first-order chi connectivity index (χ1) is 22.3. The van der Waals surface area contributed by atoms with Crippen LogP contribution in [0.4, 0.5) is 17.1 Å². The van der Waals surface area contributed by atoms with Gasteiger partial charge in [-0.15, -0.1) is 11.3 Å². The van der Waals surface area contributed by atoms with Crippen LogP contribution in [-0.2, 0) is 0 Å². The van der Waals surface area contributed by atoms with Crippen LogP contribution in [0.1, 0.15) is 0 Å². The second kappa shape index (κ2) is 10.4. The van der Waals surface area contributed by atoms with E-state index in [2.05, 4.69) is 142 Å². The van der Waals surface area contributed by atoms with Crippen LogP contribution in [-0.4, -0.2) is 14.5 Å². The molecule has 0 saturated heterocycles. The fourth-order valence-electron chi connectivity index (χ4n) is 6.51. The van der Waals surface area contributed by atoms with Crippen molar-refractivity contribution in [2.75, 3.05) is 4.90 Å². The van der Waals surface area contributed by atoms with Gasteiger partial charge in [0.05, 0.1) is 40.0 Å². The summed E-state index contributed by atoms with van der Waals surface area (Å²) < 4.78 is 4.93. The third-order valence-electron chi connectivity index (χ3n) is 8.48. The van der Waals surface area contributed by atoms with Gasteiger partial charge < -0.3 is 9.47 Å². The van der Waals surface area contributed by atoms with Gasteiger partial charge in [-0.3, -0.25) is 9.97 Å². The van der Waals surface area contributed by atoms with Crippen LogP contribution in [0.5, 0.6) is 0 Å². The highest BCUT2D eigenvalue weighted by Crippen LogP contribution is 2.45. The first kappa shape index (κ1) is 25.7. The van der Waals surface area contributed by atoms with Gasteiger partial charge in [-0.05, 0) is 78.9 Å². The largest absolute Gasteiger partial charge is 0.310 e. The van der Waals surface area contributed by atoms with Gasteiger partial charge in [-0.25, -0.2) is 0 Å². The molecule has 5 aromatic carbocycles. The van der Waals surface area contributed by atoms with Crippen LogP contribution in [0.15, 0.2) is 158 Å². The van der Waals surface area contributed by atoms with Gasteiger partial charge >= 0.3 is 0 Å². The minimum absolute atomic E-state index is 0.854. The SMILES string of the molecule is c1ccc(N(c2ccc3sc4ccccc4c3c2)c2cccc3c2c2ccccc2n3-c2ccc(-c3ccccn3)nc2)cc1. The molecule has 4 nitrogen and oxygen atoms in total. The number of rotatable bonds is 5. The van der Waals surface area contributed by atoms with E-state index in [1.807, 2.05) is 35.7 Å². The summed E-state index contributed by atoms with van der Waals surface area (Å²) in [7, 11) is 0. The Labute approximate surface area is 264 Å². The summed E-state index contributed by atoms with van der Waals surface area (Å²) in [6.45, 7) is 0. The van der Waals surface area contributed by atoms with Crippen LogP contribution < -0.4 is 4.90 Å². The normalized spacial score (nSPS) is 11.6. The molecule has 0 aliphatic carbocycles. The topological polar surface area (TPSA) is 34.0 Å². The lowest BCUT2D eigenvalue weighted by atomic mass is 10.1. The number of nitrogens with zero attached hydrogens (tertiary/aromatic N) is 4. The van der Waals surface area contributed by atoms with Gasteiger partial charge in [0, 0.05) is 48.5 Å². The zero-order valence-corrected chi connectivity index (χ0v) is 25.0. The standard InChI is InChI=1S/C40H26N4S/c1-2-11-27(12-3-1)43(28-21-23-39-32(25-28)30-13-5-7-19-38(30)45-39)36-17-10-18-37-40(36)31-14-4-6-16-35(31)44(37)29-20-22-34(42-26-29)33-15-8-9-24-41-33/h1-26H. The van der Waals surface area contributed by atoms with E-state index in [0.717, 1.165) is 45.2 Å². The number of hydrogen-bond donors (Lipinski definition) is 0. The van der Waals surface area contributed by atoms with Crippen molar-refractivity contribution in [3.63, 3.8) is 0 Å². The van der Waals surface area contributed by atoms with E-state index in [4.69, 9.17) is 4.98 Å². The first-order valence-corrected chi connectivity index (χ1v) is 15.8. The highest BCUT2D eigenvalue weighted by atomic mass is 32.1. The number of pyridine rings is 2. The zero-order valence-electron chi connectivity index (χ0n) is 24.2. The maximum atomic E-state index is 4.83. The predicted molar refractivity (Wildman–Crippen MR) is 189 cm³/mol. The van der Waals surface area contributed by atoms with Crippen molar-refractivity contribution in [1.29, 1.82) is 0 Å². The molecule has 0 amide bonds. The van der Waals surface area contributed by atoms with Crippen molar-refractivity contribution in [2.24, 2.45) is 0 Å². The molecule has 0 aliphatic rings. The van der Waals surface area contributed by atoms with Gasteiger partial charge in [-0.1, -0.05) is 66.7 Å². The van der Waals surface area contributed by atoms with Crippen LogP contribution >= 0.6 is 11.3 Å². The van der Waals surface area contributed by atoms with E-state index in [1.54, 1.807) is 6.20 Å². The molecule has 0 aliphatic heterocycles. The molecule has 0 atom stereocenters. The number of hydrogen-bond acceptors (Lipinski definition) is 4. The average molecular weight is 595 g/mol. The second-order valence-electron chi connectivity index (χ2n) is 11.1. The minimum atomic E-state index is 0.854. The number of aromatic nitrogens is 3. The van der Waals surface area contributed by atoms with Crippen LogP contribution in [0.25, 0.3) is 59.1 Å². The van der Waals surface area contributed by atoms with Crippen molar-refractivity contribution in [3.8, 4) is 17.1 Å². The van der Waals surface area contributed by atoms with E-state index in [1.165, 1.54) is 30.9 Å². The van der Waals surface area contributed by atoms with Crippen molar-refractivity contribution in [1.82, 2.24) is 14.5 Å². The Bertz CT molecular complexity index is 2480. The molecule has 0 spiro atoms. The number of fused-ring (bicyclic) bond motifs is 6.